The van der Waals surface area contributed by atoms with E-state index in [9.17, 15) is 4.79 Å². The van der Waals surface area contributed by atoms with Crippen LogP contribution < -0.4 is 5.32 Å². The molecule has 0 aliphatic heterocycles. The molecule has 0 aromatic carbocycles. The minimum atomic E-state index is -0.150. The Morgan fingerprint density at radius 3 is 3.20 bits per heavy atom. The summed E-state index contributed by atoms with van der Waals surface area (Å²) >= 11 is 0. The van der Waals surface area contributed by atoms with Crippen molar-refractivity contribution in [3.63, 3.8) is 0 Å². The molecule has 0 bridgehead atoms. The van der Waals surface area contributed by atoms with Gasteiger partial charge in [0.15, 0.2) is 0 Å². The molecule has 0 unspecified atom stereocenters. The Kier molecular flexibility index (Phi) is 2.77. The molecule has 0 saturated heterocycles. The maximum Gasteiger partial charge on any atom is 0.254 e. The van der Waals surface area contributed by atoms with Gasteiger partial charge in [0.25, 0.3) is 5.91 Å². The number of amides is 1. The van der Waals surface area contributed by atoms with E-state index < -0.39 is 0 Å². The third kappa shape index (κ3) is 2.43. The monoisotopic (exact) mass is 206 g/mol. The molecule has 6 nitrogen and oxygen atoms in total. The van der Waals surface area contributed by atoms with E-state index in [2.05, 4.69) is 20.5 Å². The van der Waals surface area contributed by atoms with Gasteiger partial charge in [0.2, 0.25) is 0 Å². The summed E-state index contributed by atoms with van der Waals surface area (Å²) in [6.07, 6.45) is 4.94. The van der Waals surface area contributed by atoms with Gasteiger partial charge in [-0.05, 0) is 6.07 Å². The first-order valence-electron chi connectivity index (χ1n) is 4.51. The Balaban J connectivity index is 1.77. The van der Waals surface area contributed by atoms with Gasteiger partial charge in [-0.15, -0.1) is 0 Å². The van der Waals surface area contributed by atoms with E-state index >= 15 is 0 Å². The second-order valence-electron chi connectivity index (χ2n) is 2.95. The lowest BCUT2D eigenvalue weighted by Gasteiger charge is -2.00. The summed E-state index contributed by atoms with van der Waals surface area (Å²) in [5.74, 6) is 0.603. The third-order valence-electron chi connectivity index (χ3n) is 1.90. The van der Waals surface area contributed by atoms with Crippen LogP contribution in [0.4, 0.5) is 0 Å². The van der Waals surface area contributed by atoms with Crippen molar-refractivity contribution in [2.24, 2.45) is 0 Å². The number of furan rings is 1. The van der Waals surface area contributed by atoms with E-state index in [4.69, 9.17) is 4.42 Å². The van der Waals surface area contributed by atoms with Crippen LogP contribution in [0.1, 0.15) is 16.2 Å². The summed E-state index contributed by atoms with van der Waals surface area (Å²) in [6.45, 7) is 0.513. The third-order valence-corrected chi connectivity index (χ3v) is 1.90. The number of rotatable bonds is 4. The van der Waals surface area contributed by atoms with Gasteiger partial charge < -0.3 is 9.73 Å². The van der Waals surface area contributed by atoms with E-state index in [1.54, 1.807) is 6.07 Å². The summed E-state index contributed by atoms with van der Waals surface area (Å²) in [6, 6.07) is 1.61. The number of hydrogen-bond donors (Lipinski definition) is 2. The molecule has 0 fully saturated rings. The topological polar surface area (TPSA) is 83.8 Å². The molecular weight excluding hydrogens is 196 g/mol. The highest BCUT2D eigenvalue weighted by atomic mass is 16.3. The zero-order valence-corrected chi connectivity index (χ0v) is 7.93. The number of carbonyl (C=O) groups excluding carboxylic acids is 1. The van der Waals surface area contributed by atoms with Crippen molar-refractivity contribution in [2.45, 2.75) is 6.42 Å². The molecule has 2 heterocycles. The molecule has 0 atom stereocenters. The second-order valence-corrected chi connectivity index (χ2v) is 2.95. The second kappa shape index (κ2) is 4.41. The molecule has 0 spiro atoms. The Hall–Kier alpha value is -2.11. The Morgan fingerprint density at radius 1 is 1.60 bits per heavy atom. The highest BCUT2D eigenvalue weighted by Gasteiger charge is 2.05. The highest BCUT2D eigenvalue weighted by molar-refractivity contribution is 5.93. The fourth-order valence-corrected chi connectivity index (χ4v) is 1.14. The summed E-state index contributed by atoms with van der Waals surface area (Å²) in [7, 11) is 0. The number of carbonyl (C=O) groups is 1. The van der Waals surface area contributed by atoms with E-state index in [1.807, 2.05) is 0 Å². The van der Waals surface area contributed by atoms with Gasteiger partial charge in [0.05, 0.1) is 11.8 Å². The first-order chi connectivity index (χ1) is 7.36. The lowest BCUT2D eigenvalue weighted by atomic mass is 10.3. The normalized spacial score (nSPS) is 10.1. The van der Waals surface area contributed by atoms with Crippen LogP contribution in [0.5, 0.6) is 0 Å². The summed E-state index contributed by atoms with van der Waals surface area (Å²) in [4.78, 5) is 15.4. The van der Waals surface area contributed by atoms with Crippen LogP contribution in [0.25, 0.3) is 0 Å². The van der Waals surface area contributed by atoms with Crippen LogP contribution in [0.15, 0.2) is 29.3 Å². The van der Waals surface area contributed by atoms with Gasteiger partial charge >= 0.3 is 0 Å². The van der Waals surface area contributed by atoms with Crippen LogP contribution in [-0.2, 0) is 6.42 Å². The van der Waals surface area contributed by atoms with Crippen molar-refractivity contribution >= 4 is 5.91 Å². The molecule has 0 aliphatic carbocycles. The van der Waals surface area contributed by atoms with Crippen molar-refractivity contribution in [1.82, 2.24) is 20.5 Å². The predicted molar refractivity (Wildman–Crippen MR) is 51.1 cm³/mol. The molecule has 15 heavy (non-hydrogen) atoms. The number of hydrogen-bond acceptors (Lipinski definition) is 4. The van der Waals surface area contributed by atoms with Crippen LogP contribution in [0, 0.1) is 0 Å². The van der Waals surface area contributed by atoms with Gasteiger partial charge in [-0.3, -0.25) is 9.89 Å². The molecular formula is C9H10N4O2. The van der Waals surface area contributed by atoms with Crippen LogP contribution >= 0.6 is 0 Å². The fraction of sp³-hybridized carbons (Fsp3) is 0.222. The average Bonchev–Trinajstić information content (AvgIpc) is 2.90. The standard InChI is InChI=1S/C9H10N4O2/c14-9(7-2-4-15-5-7)10-3-1-8-11-6-12-13-8/h2,4-6H,1,3H2,(H,10,14)(H,11,12,13). The molecule has 6 heteroatoms. The maximum absolute atomic E-state index is 11.4. The molecule has 0 aliphatic rings. The molecule has 78 valence electrons. The fourth-order valence-electron chi connectivity index (χ4n) is 1.14. The maximum atomic E-state index is 11.4. The smallest absolute Gasteiger partial charge is 0.254 e. The zero-order valence-electron chi connectivity index (χ0n) is 7.93. The minimum Gasteiger partial charge on any atom is -0.472 e. The van der Waals surface area contributed by atoms with Gasteiger partial charge in [0, 0.05) is 13.0 Å². The summed E-state index contributed by atoms with van der Waals surface area (Å²) in [5.41, 5.74) is 0.521. The van der Waals surface area contributed by atoms with Gasteiger partial charge in [0.1, 0.15) is 18.4 Å². The zero-order chi connectivity index (χ0) is 10.5. The first-order valence-corrected chi connectivity index (χ1v) is 4.51. The Bertz CT molecular complexity index is 407. The molecule has 0 radical (unpaired) electrons. The number of aromatic nitrogens is 3. The summed E-state index contributed by atoms with van der Waals surface area (Å²) < 4.78 is 4.80. The van der Waals surface area contributed by atoms with Crippen LogP contribution in [-0.4, -0.2) is 27.6 Å². The lowest BCUT2D eigenvalue weighted by Crippen LogP contribution is -2.25. The van der Waals surface area contributed by atoms with Gasteiger partial charge in [-0.1, -0.05) is 0 Å². The van der Waals surface area contributed by atoms with Crippen molar-refractivity contribution in [1.29, 1.82) is 0 Å². The van der Waals surface area contributed by atoms with Crippen molar-refractivity contribution in [3.8, 4) is 0 Å². The average molecular weight is 206 g/mol. The predicted octanol–water partition coefficient (Wildman–Crippen LogP) is 0.370. The Labute approximate surface area is 85.7 Å². The van der Waals surface area contributed by atoms with E-state index in [-0.39, 0.29) is 5.91 Å². The van der Waals surface area contributed by atoms with Gasteiger partial charge in [-0.2, -0.15) is 5.10 Å². The molecule has 2 aromatic heterocycles. The van der Waals surface area contributed by atoms with E-state index in [0.717, 1.165) is 5.82 Å². The van der Waals surface area contributed by atoms with Crippen molar-refractivity contribution < 1.29 is 9.21 Å². The number of H-pyrrole nitrogens is 1. The molecule has 2 aromatic rings. The Morgan fingerprint density at radius 2 is 2.53 bits per heavy atom. The van der Waals surface area contributed by atoms with E-state index in [1.165, 1.54) is 18.9 Å². The molecule has 1 amide bonds. The lowest BCUT2D eigenvalue weighted by molar-refractivity contribution is 0.0953. The molecule has 2 rings (SSSR count). The van der Waals surface area contributed by atoms with E-state index in [0.29, 0.717) is 18.5 Å². The van der Waals surface area contributed by atoms with Crippen molar-refractivity contribution in [3.05, 3.63) is 36.3 Å². The largest absolute Gasteiger partial charge is 0.472 e. The quantitative estimate of drug-likeness (QED) is 0.757. The highest BCUT2D eigenvalue weighted by Crippen LogP contribution is 1.98. The number of aromatic amines is 1. The first kappa shape index (κ1) is 9.45. The van der Waals surface area contributed by atoms with Crippen molar-refractivity contribution in [2.75, 3.05) is 6.54 Å². The molecule has 0 saturated carbocycles. The number of nitrogens with one attached hydrogen (secondary N) is 2. The van der Waals surface area contributed by atoms with Crippen LogP contribution in [0.3, 0.4) is 0 Å². The molecule has 2 N–H and O–H groups in total. The SMILES string of the molecule is O=C(NCCc1ncn[nH]1)c1ccoc1. The summed E-state index contributed by atoms with van der Waals surface area (Å²) in [5, 5.41) is 9.16. The van der Waals surface area contributed by atoms with Crippen LogP contribution in [0.2, 0.25) is 0 Å². The van der Waals surface area contributed by atoms with Gasteiger partial charge in [-0.25, -0.2) is 4.98 Å². The minimum absolute atomic E-state index is 0.150. The number of nitrogens with zero attached hydrogens (tertiary/aromatic N) is 2.